The van der Waals surface area contributed by atoms with Gasteiger partial charge in [0.05, 0.1) is 0 Å². The number of para-hydroxylation sites is 1. The molecule has 2 aromatic carbocycles. The van der Waals surface area contributed by atoms with Crippen molar-refractivity contribution in [3.63, 3.8) is 0 Å². The van der Waals surface area contributed by atoms with Crippen LogP contribution in [0.25, 0.3) is 0 Å². The van der Waals surface area contributed by atoms with Crippen LogP contribution in [0.2, 0.25) is 0 Å². The van der Waals surface area contributed by atoms with Crippen molar-refractivity contribution in [2.75, 3.05) is 5.32 Å². The second-order valence-electron chi connectivity index (χ2n) is 8.84. The molecule has 0 radical (unpaired) electrons. The third-order valence-electron chi connectivity index (χ3n) is 5.74. The van der Waals surface area contributed by atoms with Crippen molar-refractivity contribution >= 4 is 17.4 Å². The van der Waals surface area contributed by atoms with Gasteiger partial charge in [-0.05, 0) is 48.6 Å². The van der Waals surface area contributed by atoms with E-state index in [1.165, 1.54) is 0 Å². The van der Waals surface area contributed by atoms with E-state index >= 15 is 0 Å². The number of dihydropyridines is 1. The summed E-state index contributed by atoms with van der Waals surface area (Å²) in [6, 6.07) is 16.0. The summed E-state index contributed by atoms with van der Waals surface area (Å²) in [4.78, 5) is 26.6. The minimum absolute atomic E-state index is 0.0596. The molecule has 154 valence electrons. The van der Waals surface area contributed by atoms with Crippen molar-refractivity contribution in [3.05, 3.63) is 82.7 Å². The zero-order valence-electron chi connectivity index (χ0n) is 17.5. The van der Waals surface area contributed by atoms with E-state index in [-0.39, 0.29) is 22.9 Å². The molecule has 5 nitrogen and oxygen atoms in total. The molecule has 5 heteroatoms. The van der Waals surface area contributed by atoms with Crippen molar-refractivity contribution in [2.45, 2.75) is 39.5 Å². The van der Waals surface area contributed by atoms with Crippen LogP contribution in [-0.2, 0) is 9.59 Å². The Morgan fingerprint density at radius 2 is 1.73 bits per heavy atom. The highest BCUT2D eigenvalue weighted by Crippen LogP contribution is 2.46. The Morgan fingerprint density at radius 3 is 2.40 bits per heavy atom. The Hall–Kier alpha value is -3.34. The predicted molar refractivity (Wildman–Crippen MR) is 117 cm³/mol. The molecule has 1 aliphatic carbocycles. The number of anilines is 1. The topological polar surface area (TPSA) is 78.4 Å². The number of ketones is 1. The first-order valence-electron chi connectivity index (χ1n) is 10.1. The number of nitrogens with one attached hydrogen (secondary N) is 2. The first kappa shape index (κ1) is 20.0. The van der Waals surface area contributed by atoms with Gasteiger partial charge in [-0.1, -0.05) is 44.2 Å². The summed E-state index contributed by atoms with van der Waals surface area (Å²) in [5.41, 5.74) is 4.19. The van der Waals surface area contributed by atoms with E-state index in [0.717, 1.165) is 23.4 Å². The lowest BCUT2D eigenvalue weighted by atomic mass is 9.68. The molecule has 2 aliphatic rings. The standard InChI is InChI=1S/C25H26N2O3/c1-15-21(24(30)27-17-7-5-4-6-8-17)22(16-9-11-18(28)12-10-16)23-19(26-15)13-25(2,3)14-20(23)29/h4-12,22,26,28H,13-14H2,1-3H3,(H,27,30). The van der Waals surface area contributed by atoms with Crippen LogP contribution in [0.15, 0.2) is 77.1 Å². The van der Waals surface area contributed by atoms with Crippen LogP contribution in [0.5, 0.6) is 5.75 Å². The van der Waals surface area contributed by atoms with Gasteiger partial charge in [-0.2, -0.15) is 0 Å². The second-order valence-corrected chi connectivity index (χ2v) is 8.84. The van der Waals surface area contributed by atoms with Crippen molar-refractivity contribution in [1.29, 1.82) is 0 Å². The van der Waals surface area contributed by atoms with Crippen LogP contribution in [0.4, 0.5) is 5.69 Å². The highest BCUT2D eigenvalue weighted by atomic mass is 16.3. The molecule has 2 aromatic rings. The number of rotatable bonds is 3. The maximum Gasteiger partial charge on any atom is 0.254 e. The number of Topliss-reactive ketones (excluding diaryl/α,β-unsaturated/α-hetero) is 1. The van der Waals surface area contributed by atoms with E-state index in [4.69, 9.17) is 0 Å². The molecule has 0 saturated heterocycles. The number of carbonyl (C=O) groups excluding carboxylic acids is 2. The van der Waals surface area contributed by atoms with Gasteiger partial charge in [0.25, 0.3) is 5.91 Å². The molecule has 0 aromatic heterocycles. The quantitative estimate of drug-likeness (QED) is 0.699. The summed E-state index contributed by atoms with van der Waals surface area (Å²) in [6.07, 6.45) is 1.18. The van der Waals surface area contributed by atoms with Gasteiger partial charge in [0.2, 0.25) is 0 Å². The van der Waals surface area contributed by atoms with E-state index in [2.05, 4.69) is 24.5 Å². The van der Waals surface area contributed by atoms with Crippen molar-refractivity contribution < 1.29 is 14.7 Å². The van der Waals surface area contributed by atoms with E-state index < -0.39 is 5.92 Å². The molecular formula is C25H26N2O3. The molecule has 1 atom stereocenters. The summed E-state index contributed by atoms with van der Waals surface area (Å²) in [6.45, 7) is 6.05. The number of allylic oxidation sites excluding steroid dienone is 3. The highest BCUT2D eigenvalue weighted by molar-refractivity contribution is 6.09. The summed E-state index contributed by atoms with van der Waals surface area (Å²) in [5, 5.41) is 16.1. The Balaban J connectivity index is 1.81. The van der Waals surface area contributed by atoms with Gasteiger partial charge < -0.3 is 15.7 Å². The second kappa shape index (κ2) is 7.48. The number of aromatic hydroxyl groups is 1. The van der Waals surface area contributed by atoms with Gasteiger partial charge in [-0.25, -0.2) is 0 Å². The van der Waals surface area contributed by atoms with Crippen LogP contribution in [-0.4, -0.2) is 16.8 Å². The maximum atomic E-state index is 13.3. The van der Waals surface area contributed by atoms with E-state index in [9.17, 15) is 14.7 Å². The molecule has 0 spiro atoms. The van der Waals surface area contributed by atoms with Crippen LogP contribution in [0, 0.1) is 5.41 Å². The summed E-state index contributed by atoms with van der Waals surface area (Å²) < 4.78 is 0. The van der Waals surface area contributed by atoms with Gasteiger partial charge >= 0.3 is 0 Å². The molecule has 1 amide bonds. The number of amides is 1. The van der Waals surface area contributed by atoms with E-state index in [0.29, 0.717) is 23.3 Å². The monoisotopic (exact) mass is 402 g/mol. The maximum absolute atomic E-state index is 13.3. The first-order valence-corrected chi connectivity index (χ1v) is 10.1. The molecular weight excluding hydrogens is 376 g/mol. The third-order valence-corrected chi connectivity index (χ3v) is 5.74. The van der Waals surface area contributed by atoms with Crippen molar-refractivity contribution in [3.8, 4) is 5.75 Å². The lowest BCUT2D eigenvalue weighted by Crippen LogP contribution is -2.39. The fourth-order valence-corrected chi connectivity index (χ4v) is 4.46. The predicted octanol–water partition coefficient (Wildman–Crippen LogP) is 4.63. The lowest BCUT2D eigenvalue weighted by molar-refractivity contribution is -0.118. The van der Waals surface area contributed by atoms with Crippen LogP contribution in [0.3, 0.4) is 0 Å². The Labute approximate surface area is 176 Å². The molecule has 30 heavy (non-hydrogen) atoms. The first-order chi connectivity index (χ1) is 14.2. The highest BCUT2D eigenvalue weighted by Gasteiger charge is 2.42. The van der Waals surface area contributed by atoms with Crippen LogP contribution < -0.4 is 10.6 Å². The van der Waals surface area contributed by atoms with Gasteiger partial charge in [0.1, 0.15) is 5.75 Å². The van der Waals surface area contributed by atoms with Crippen molar-refractivity contribution in [1.82, 2.24) is 5.32 Å². The normalized spacial score (nSPS) is 20.5. The minimum atomic E-state index is -0.478. The Bertz CT molecular complexity index is 1060. The van der Waals surface area contributed by atoms with Gasteiger partial charge in [0.15, 0.2) is 5.78 Å². The molecule has 1 heterocycles. The third kappa shape index (κ3) is 3.75. The summed E-state index contributed by atoms with van der Waals surface area (Å²) >= 11 is 0. The zero-order valence-corrected chi connectivity index (χ0v) is 17.5. The van der Waals surface area contributed by atoms with Gasteiger partial charge in [-0.15, -0.1) is 0 Å². The number of hydrogen-bond acceptors (Lipinski definition) is 4. The van der Waals surface area contributed by atoms with Crippen LogP contribution >= 0.6 is 0 Å². The smallest absolute Gasteiger partial charge is 0.254 e. The molecule has 0 saturated carbocycles. The molecule has 0 fully saturated rings. The molecule has 1 unspecified atom stereocenters. The number of hydrogen-bond donors (Lipinski definition) is 3. The van der Waals surface area contributed by atoms with E-state index in [1.807, 2.05) is 37.3 Å². The largest absolute Gasteiger partial charge is 0.508 e. The number of benzene rings is 2. The zero-order chi connectivity index (χ0) is 21.5. The molecule has 3 N–H and O–H groups in total. The van der Waals surface area contributed by atoms with Crippen LogP contribution in [0.1, 0.15) is 45.1 Å². The summed E-state index contributed by atoms with van der Waals surface area (Å²) in [7, 11) is 0. The average molecular weight is 402 g/mol. The molecule has 0 bridgehead atoms. The minimum Gasteiger partial charge on any atom is -0.508 e. The van der Waals surface area contributed by atoms with Crippen molar-refractivity contribution in [2.24, 2.45) is 5.41 Å². The summed E-state index contributed by atoms with van der Waals surface area (Å²) in [5.74, 6) is -0.513. The number of carbonyl (C=O) groups is 2. The molecule has 1 aliphatic heterocycles. The average Bonchev–Trinajstić information content (AvgIpc) is 2.67. The molecule has 4 rings (SSSR count). The van der Waals surface area contributed by atoms with Gasteiger partial charge in [-0.3, -0.25) is 9.59 Å². The number of phenolic OH excluding ortho intramolecular Hbond substituents is 1. The Kier molecular flexibility index (Phi) is 4.98. The Morgan fingerprint density at radius 1 is 1.07 bits per heavy atom. The van der Waals surface area contributed by atoms with E-state index in [1.54, 1.807) is 24.3 Å². The fraction of sp³-hybridized carbons (Fsp3) is 0.280. The SMILES string of the molecule is CC1=C(C(=O)Nc2ccccc2)C(c2ccc(O)cc2)C2=C(CC(C)(C)CC2=O)N1. The fourth-order valence-electron chi connectivity index (χ4n) is 4.46. The number of phenols is 1. The van der Waals surface area contributed by atoms with Gasteiger partial charge in [0, 0.05) is 40.6 Å². The lowest BCUT2D eigenvalue weighted by Gasteiger charge is -2.39.